The highest BCUT2D eigenvalue weighted by Crippen LogP contribution is 2.26. The minimum absolute atomic E-state index is 0.430. The van der Waals surface area contributed by atoms with E-state index in [9.17, 15) is 4.79 Å². The second-order valence-corrected chi connectivity index (χ2v) is 5.31. The number of anilines is 1. The molecule has 20 heavy (non-hydrogen) atoms. The van der Waals surface area contributed by atoms with E-state index in [0.717, 1.165) is 25.7 Å². The first-order valence-electron chi connectivity index (χ1n) is 5.71. The smallest absolute Gasteiger partial charge is 0.409 e. The SMILES string of the molecule is O=C(O)Nc1cncc(-c2cnc3[nH]cc(I)c3c2)c1. The summed E-state index contributed by atoms with van der Waals surface area (Å²) in [7, 11) is 0. The largest absolute Gasteiger partial charge is 0.465 e. The summed E-state index contributed by atoms with van der Waals surface area (Å²) >= 11 is 2.24. The van der Waals surface area contributed by atoms with E-state index in [1.165, 1.54) is 6.20 Å². The van der Waals surface area contributed by atoms with Gasteiger partial charge in [-0.15, -0.1) is 0 Å². The number of rotatable bonds is 2. The molecule has 0 aliphatic heterocycles. The number of H-pyrrole nitrogens is 1. The lowest BCUT2D eigenvalue weighted by Crippen LogP contribution is -2.07. The summed E-state index contributed by atoms with van der Waals surface area (Å²) in [5, 5.41) is 12.0. The third-order valence-electron chi connectivity index (χ3n) is 2.80. The molecule has 6 nitrogen and oxygen atoms in total. The second-order valence-electron chi connectivity index (χ2n) is 4.15. The van der Waals surface area contributed by atoms with Crippen molar-refractivity contribution in [2.24, 2.45) is 0 Å². The molecule has 0 atom stereocenters. The Labute approximate surface area is 127 Å². The summed E-state index contributed by atoms with van der Waals surface area (Å²) in [6.45, 7) is 0. The zero-order valence-corrected chi connectivity index (χ0v) is 12.2. The van der Waals surface area contributed by atoms with E-state index in [4.69, 9.17) is 5.11 Å². The van der Waals surface area contributed by atoms with Crippen molar-refractivity contribution < 1.29 is 9.90 Å². The number of carbonyl (C=O) groups is 1. The molecule has 3 aromatic heterocycles. The number of fused-ring (bicyclic) bond motifs is 1. The summed E-state index contributed by atoms with van der Waals surface area (Å²) in [6, 6.07) is 3.73. The molecule has 100 valence electrons. The van der Waals surface area contributed by atoms with Crippen molar-refractivity contribution in [3.05, 3.63) is 40.5 Å². The molecule has 3 N–H and O–H groups in total. The molecule has 1 amide bonds. The first kappa shape index (κ1) is 12.9. The van der Waals surface area contributed by atoms with Gasteiger partial charge in [0.1, 0.15) is 5.65 Å². The quantitative estimate of drug-likeness (QED) is 0.595. The molecule has 0 radical (unpaired) electrons. The minimum atomic E-state index is -1.11. The summed E-state index contributed by atoms with van der Waals surface area (Å²) in [5.74, 6) is 0. The van der Waals surface area contributed by atoms with Crippen molar-refractivity contribution in [1.29, 1.82) is 0 Å². The van der Waals surface area contributed by atoms with E-state index < -0.39 is 6.09 Å². The molecule has 3 heterocycles. The van der Waals surface area contributed by atoms with Crippen LogP contribution in [0.3, 0.4) is 0 Å². The van der Waals surface area contributed by atoms with E-state index in [0.29, 0.717) is 5.69 Å². The van der Waals surface area contributed by atoms with Gasteiger partial charge in [-0.1, -0.05) is 0 Å². The average Bonchev–Trinajstić information content (AvgIpc) is 2.80. The van der Waals surface area contributed by atoms with Crippen LogP contribution in [0.4, 0.5) is 10.5 Å². The molecule has 3 rings (SSSR count). The Morgan fingerprint density at radius 1 is 1.25 bits per heavy atom. The standard InChI is InChI=1S/C13H9IN4O2/c14-11-6-17-12-10(11)2-8(4-16-12)7-1-9(5-15-3-7)18-13(19)20/h1-6,18H,(H,16,17)(H,19,20). The van der Waals surface area contributed by atoms with Crippen molar-refractivity contribution in [1.82, 2.24) is 15.0 Å². The molecule has 3 aromatic rings. The number of hydrogen-bond acceptors (Lipinski definition) is 3. The highest BCUT2D eigenvalue weighted by atomic mass is 127. The third-order valence-corrected chi connectivity index (χ3v) is 3.70. The second kappa shape index (κ2) is 5.08. The predicted molar refractivity (Wildman–Crippen MR) is 83.7 cm³/mol. The van der Waals surface area contributed by atoms with Crippen molar-refractivity contribution in [2.75, 3.05) is 5.32 Å². The Bertz CT molecular complexity index is 800. The van der Waals surface area contributed by atoms with Crippen LogP contribution in [0, 0.1) is 3.57 Å². The maximum atomic E-state index is 10.6. The first-order valence-corrected chi connectivity index (χ1v) is 6.79. The van der Waals surface area contributed by atoms with Gasteiger partial charge in [0.05, 0.1) is 11.9 Å². The molecule has 0 bridgehead atoms. The fourth-order valence-corrected chi connectivity index (χ4v) is 2.49. The molecular formula is C13H9IN4O2. The average molecular weight is 380 g/mol. The van der Waals surface area contributed by atoms with Crippen molar-refractivity contribution >= 4 is 45.4 Å². The summed E-state index contributed by atoms with van der Waals surface area (Å²) in [5.41, 5.74) is 2.95. The number of nitrogens with one attached hydrogen (secondary N) is 2. The topological polar surface area (TPSA) is 90.9 Å². The highest BCUT2D eigenvalue weighted by molar-refractivity contribution is 14.1. The Hall–Kier alpha value is -2.16. The molecule has 0 fully saturated rings. The van der Waals surface area contributed by atoms with Gasteiger partial charge in [-0.05, 0) is 34.7 Å². The van der Waals surface area contributed by atoms with Crippen molar-refractivity contribution in [2.45, 2.75) is 0 Å². The van der Waals surface area contributed by atoms with Crippen LogP contribution in [-0.4, -0.2) is 26.2 Å². The normalized spacial score (nSPS) is 10.7. The number of pyridine rings is 2. The maximum absolute atomic E-state index is 10.6. The number of halogens is 1. The molecule has 7 heteroatoms. The minimum Gasteiger partial charge on any atom is -0.465 e. The molecule has 0 aliphatic carbocycles. The van der Waals surface area contributed by atoms with Gasteiger partial charge >= 0.3 is 6.09 Å². The third kappa shape index (κ3) is 2.44. The van der Waals surface area contributed by atoms with Crippen molar-refractivity contribution in [3.63, 3.8) is 0 Å². The van der Waals surface area contributed by atoms with Crippen LogP contribution in [0.5, 0.6) is 0 Å². The molecule has 0 aliphatic rings. The van der Waals surface area contributed by atoms with Crippen LogP contribution < -0.4 is 5.32 Å². The van der Waals surface area contributed by atoms with Crippen LogP contribution in [0.15, 0.2) is 36.9 Å². The van der Waals surface area contributed by atoms with E-state index >= 15 is 0 Å². The van der Waals surface area contributed by atoms with Crippen LogP contribution in [0.25, 0.3) is 22.2 Å². The lowest BCUT2D eigenvalue weighted by atomic mass is 10.1. The van der Waals surface area contributed by atoms with Gasteiger partial charge in [-0.2, -0.15) is 0 Å². The van der Waals surface area contributed by atoms with Gasteiger partial charge in [0.15, 0.2) is 0 Å². The molecule has 0 spiro atoms. The molecule has 0 unspecified atom stereocenters. The number of aromatic amines is 1. The number of carboxylic acid groups (broad SMARTS) is 1. The first-order chi connectivity index (χ1) is 9.63. The van der Waals surface area contributed by atoms with E-state index in [-0.39, 0.29) is 0 Å². The van der Waals surface area contributed by atoms with Gasteiger partial charge in [-0.3, -0.25) is 10.3 Å². The molecule has 0 saturated carbocycles. The van der Waals surface area contributed by atoms with Crippen LogP contribution in [0.1, 0.15) is 0 Å². The Morgan fingerprint density at radius 2 is 2.05 bits per heavy atom. The van der Waals surface area contributed by atoms with E-state index in [1.54, 1.807) is 18.5 Å². The zero-order valence-electron chi connectivity index (χ0n) is 10.1. The van der Waals surface area contributed by atoms with Crippen LogP contribution in [0.2, 0.25) is 0 Å². The Morgan fingerprint density at radius 3 is 2.85 bits per heavy atom. The summed E-state index contributed by atoms with van der Waals surface area (Å²) in [6.07, 6.45) is 5.65. The maximum Gasteiger partial charge on any atom is 0.409 e. The summed E-state index contributed by atoms with van der Waals surface area (Å²) in [4.78, 5) is 22.1. The van der Waals surface area contributed by atoms with Gasteiger partial charge in [0.2, 0.25) is 0 Å². The lowest BCUT2D eigenvalue weighted by Gasteiger charge is -2.04. The molecular weight excluding hydrogens is 371 g/mol. The zero-order chi connectivity index (χ0) is 14.1. The van der Waals surface area contributed by atoms with Gasteiger partial charge in [0, 0.05) is 38.7 Å². The fourth-order valence-electron chi connectivity index (χ4n) is 1.92. The van der Waals surface area contributed by atoms with E-state index in [2.05, 4.69) is 42.9 Å². The highest BCUT2D eigenvalue weighted by Gasteiger charge is 2.07. The fraction of sp³-hybridized carbons (Fsp3) is 0. The van der Waals surface area contributed by atoms with Gasteiger partial charge in [-0.25, -0.2) is 9.78 Å². The number of nitrogens with zero attached hydrogens (tertiary/aromatic N) is 2. The predicted octanol–water partition coefficient (Wildman–Crippen LogP) is 3.32. The molecule has 0 saturated heterocycles. The van der Waals surface area contributed by atoms with Crippen LogP contribution in [-0.2, 0) is 0 Å². The monoisotopic (exact) mass is 380 g/mol. The van der Waals surface area contributed by atoms with E-state index in [1.807, 2.05) is 12.3 Å². The van der Waals surface area contributed by atoms with Crippen molar-refractivity contribution in [3.8, 4) is 11.1 Å². The van der Waals surface area contributed by atoms with Gasteiger partial charge in [0.25, 0.3) is 0 Å². The lowest BCUT2D eigenvalue weighted by molar-refractivity contribution is 0.209. The van der Waals surface area contributed by atoms with Crippen LogP contribution >= 0.6 is 22.6 Å². The Kier molecular flexibility index (Phi) is 3.26. The van der Waals surface area contributed by atoms with Gasteiger partial charge < -0.3 is 10.1 Å². The number of hydrogen-bond donors (Lipinski definition) is 3. The Balaban J connectivity index is 2.05. The number of aromatic nitrogens is 3. The molecule has 0 aromatic carbocycles. The summed E-state index contributed by atoms with van der Waals surface area (Å²) < 4.78 is 1.08. The number of amides is 1.